The molecule has 3 rings (SSSR count). The summed E-state index contributed by atoms with van der Waals surface area (Å²) >= 11 is 0. The van der Waals surface area contributed by atoms with Crippen molar-refractivity contribution < 1.29 is 33.5 Å². The van der Waals surface area contributed by atoms with Crippen molar-refractivity contribution in [1.82, 2.24) is 4.90 Å². The largest absolute Gasteiger partial charge is 1.00 e. The molecule has 0 saturated heterocycles. The molecule has 0 heterocycles. The first-order valence-electron chi connectivity index (χ1n) is 8.68. The average molecular weight is 345 g/mol. The predicted octanol–water partition coefficient (Wildman–Crippen LogP) is -0.925. The average Bonchev–Trinajstić information content (AvgIpc) is 2.61. The number of carboxylic acids is 1. The van der Waals surface area contributed by atoms with Crippen LogP contribution < -0.4 is 28.7 Å². The van der Waals surface area contributed by atoms with Gasteiger partial charge in [-0.2, -0.15) is 0 Å². The summed E-state index contributed by atoms with van der Waals surface area (Å²) in [5, 5.41) is 10.9. The van der Waals surface area contributed by atoms with Gasteiger partial charge in [0.15, 0.2) is 0 Å². The van der Waals surface area contributed by atoms with Crippen LogP contribution in [0.25, 0.3) is 0 Å². The third-order valence-electron chi connectivity index (χ3n) is 5.05. The molecule has 2 aromatic rings. The first-order valence-corrected chi connectivity index (χ1v) is 8.68. The van der Waals surface area contributed by atoms with Gasteiger partial charge in [0, 0.05) is 19.0 Å². The number of hydrogen-bond donors (Lipinski definition) is 0. The second kappa shape index (κ2) is 9.28. The van der Waals surface area contributed by atoms with Gasteiger partial charge in [-0.25, -0.2) is 0 Å². The summed E-state index contributed by atoms with van der Waals surface area (Å²) in [7, 11) is 3.53. The number of carbonyl (C=O) groups excluding carboxylic acids is 1. The Hall–Kier alpha value is -1.73. The van der Waals surface area contributed by atoms with E-state index in [9.17, 15) is 9.90 Å². The number of likely N-dealkylation sites (N-methyl/N-ethyl adjacent to an activating group) is 1. The Morgan fingerprint density at radius 3 is 2.62 bits per heavy atom. The van der Waals surface area contributed by atoms with Crippen molar-refractivity contribution in [2.24, 2.45) is 5.92 Å². The zero-order valence-corrected chi connectivity index (χ0v) is 15.8. The smallest absolute Gasteiger partial charge is 0.549 e. The number of methoxy groups -OCH3 is 1. The number of ether oxygens (including phenoxy) is 1. The summed E-state index contributed by atoms with van der Waals surface area (Å²) in [5.74, 6) is 0.427. The van der Waals surface area contributed by atoms with Crippen molar-refractivity contribution in [1.29, 1.82) is 0 Å². The monoisotopic (exact) mass is 345 g/mol. The minimum absolute atomic E-state index is 0. The number of carboxylic acid groups (broad SMARTS) is 1. The van der Waals surface area contributed by atoms with Crippen LogP contribution in [0.15, 0.2) is 48.5 Å². The molecule has 0 bridgehead atoms. The van der Waals surface area contributed by atoms with E-state index in [2.05, 4.69) is 36.4 Å². The van der Waals surface area contributed by atoms with E-state index < -0.39 is 5.97 Å². The van der Waals surface area contributed by atoms with Gasteiger partial charge in [-0.1, -0.05) is 36.4 Å². The van der Waals surface area contributed by atoms with Crippen LogP contribution >= 0.6 is 0 Å². The van der Waals surface area contributed by atoms with E-state index in [0.29, 0.717) is 5.92 Å². The SMILES string of the molecule is COc1ccc2c(c1)[C@@H](c1ccccc1)[C@@H](CN(C)CC(=O)[O-])CC2.[Li+]. The van der Waals surface area contributed by atoms with Crippen LogP contribution in [0, 0.1) is 5.92 Å². The molecule has 1 aliphatic carbocycles. The first-order chi connectivity index (χ1) is 12.1. The van der Waals surface area contributed by atoms with Crippen molar-refractivity contribution in [3.05, 3.63) is 65.2 Å². The molecule has 4 nitrogen and oxygen atoms in total. The molecule has 5 heteroatoms. The van der Waals surface area contributed by atoms with Gasteiger partial charge >= 0.3 is 18.9 Å². The minimum Gasteiger partial charge on any atom is -0.549 e. The van der Waals surface area contributed by atoms with Gasteiger partial charge < -0.3 is 19.5 Å². The van der Waals surface area contributed by atoms with E-state index in [1.54, 1.807) is 7.11 Å². The van der Waals surface area contributed by atoms with E-state index in [-0.39, 0.29) is 31.3 Å². The quantitative estimate of drug-likeness (QED) is 0.635. The zero-order valence-electron chi connectivity index (χ0n) is 15.8. The van der Waals surface area contributed by atoms with Crippen molar-refractivity contribution in [2.75, 3.05) is 27.2 Å². The Bertz CT molecular complexity index is 735. The number of nitrogens with zero attached hydrogens (tertiary/aromatic N) is 1. The van der Waals surface area contributed by atoms with Crippen molar-refractivity contribution in [3.63, 3.8) is 0 Å². The predicted molar refractivity (Wildman–Crippen MR) is 95.6 cm³/mol. The molecule has 0 aromatic heterocycles. The molecule has 1 aliphatic rings. The number of carbonyl (C=O) groups is 1. The van der Waals surface area contributed by atoms with Crippen molar-refractivity contribution >= 4 is 5.97 Å². The van der Waals surface area contributed by atoms with Crippen LogP contribution in [0.3, 0.4) is 0 Å². The van der Waals surface area contributed by atoms with Gasteiger partial charge in [-0.05, 0) is 54.6 Å². The number of fused-ring (bicyclic) bond motifs is 1. The Morgan fingerprint density at radius 2 is 1.96 bits per heavy atom. The number of hydrogen-bond acceptors (Lipinski definition) is 4. The number of rotatable bonds is 6. The van der Waals surface area contributed by atoms with Gasteiger partial charge in [0.05, 0.1) is 13.1 Å². The molecular formula is C21H24LiNO3. The van der Waals surface area contributed by atoms with E-state index in [4.69, 9.17) is 4.74 Å². The maximum atomic E-state index is 10.9. The van der Waals surface area contributed by atoms with E-state index >= 15 is 0 Å². The van der Waals surface area contributed by atoms with E-state index in [1.165, 1.54) is 16.7 Å². The molecule has 0 spiro atoms. The minimum atomic E-state index is -1.03. The van der Waals surface area contributed by atoms with Crippen molar-refractivity contribution in [2.45, 2.75) is 18.8 Å². The molecule has 0 fully saturated rings. The molecular weight excluding hydrogens is 321 g/mol. The normalized spacial score (nSPS) is 18.7. The van der Waals surface area contributed by atoms with Crippen molar-refractivity contribution in [3.8, 4) is 5.75 Å². The fourth-order valence-electron chi connectivity index (χ4n) is 3.97. The molecule has 0 radical (unpaired) electrons. The second-order valence-corrected chi connectivity index (χ2v) is 6.82. The van der Waals surface area contributed by atoms with Gasteiger partial charge in [-0.15, -0.1) is 0 Å². The maximum absolute atomic E-state index is 10.9. The Kier molecular flexibility index (Phi) is 7.34. The fourth-order valence-corrected chi connectivity index (χ4v) is 3.97. The molecule has 0 unspecified atom stereocenters. The molecule has 2 aromatic carbocycles. The Morgan fingerprint density at radius 1 is 1.23 bits per heavy atom. The third kappa shape index (κ3) is 4.70. The fraction of sp³-hybridized carbons (Fsp3) is 0.381. The maximum Gasteiger partial charge on any atom is 1.00 e. The van der Waals surface area contributed by atoms with Crippen LogP contribution in [-0.2, 0) is 11.2 Å². The van der Waals surface area contributed by atoms with E-state index in [1.807, 2.05) is 24.1 Å². The summed E-state index contributed by atoms with van der Waals surface area (Å²) < 4.78 is 5.44. The number of aryl methyl sites for hydroxylation is 1. The molecule has 0 N–H and O–H groups in total. The zero-order chi connectivity index (χ0) is 17.8. The summed E-state index contributed by atoms with van der Waals surface area (Å²) in [6.45, 7) is 0.688. The number of aliphatic carboxylic acids is 1. The summed E-state index contributed by atoms with van der Waals surface area (Å²) in [5.41, 5.74) is 3.92. The van der Waals surface area contributed by atoms with E-state index in [0.717, 1.165) is 25.1 Å². The van der Waals surface area contributed by atoms with Gasteiger partial charge in [0.2, 0.25) is 0 Å². The van der Waals surface area contributed by atoms with Crippen LogP contribution in [0.5, 0.6) is 5.75 Å². The van der Waals surface area contributed by atoms with Gasteiger partial charge in [-0.3, -0.25) is 0 Å². The Labute approximate surface area is 167 Å². The summed E-state index contributed by atoms with van der Waals surface area (Å²) in [6, 6.07) is 16.8. The summed E-state index contributed by atoms with van der Waals surface area (Å²) in [6.07, 6.45) is 2.04. The molecule has 0 saturated carbocycles. The molecule has 2 atom stereocenters. The second-order valence-electron chi connectivity index (χ2n) is 6.82. The van der Waals surface area contributed by atoms with Gasteiger partial charge in [0.1, 0.15) is 5.75 Å². The van der Waals surface area contributed by atoms with Crippen LogP contribution in [0.4, 0.5) is 0 Å². The molecule has 0 amide bonds. The molecule has 132 valence electrons. The molecule has 26 heavy (non-hydrogen) atoms. The van der Waals surface area contributed by atoms with Crippen LogP contribution in [0.2, 0.25) is 0 Å². The van der Waals surface area contributed by atoms with Gasteiger partial charge in [0.25, 0.3) is 0 Å². The molecule has 0 aliphatic heterocycles. The standard InChI is InChI=1S/C21H25NO3.Li/c1-22(14-20(23)24)13-17-9-8-15-10-11-18(25-2)12-19(15)21(17)16-6-4-3-5-7-16;/h3-7,10-12,17,21H,8-9,13-14H2,1-2H3,(H,23,24);/q;+1/p-1/t17-,21+;/m1./s1. The van der Waals surface area contributed by atoms with Crippen LogP contribution in [0.1, 0.15) is 29.0 Å². The third-order valence-corrected chi connectivity index (χ3v) is 5.05. The van der Waals surface area contributed by atoms with Crippen LogP contribution in [-0.4, -0.2) is 38.1 Å². The topological polar surface area (TPSA) is 52.6 Å². The number of benzene rings is 2. The first kappa shape index (κ1) is 20.6. The Balaban J connectivity index is 0.00000243. The summed E-state index contributed by atoms with van der Waals surface area (Å²) in [4.78, 5) is 12.8.